The minimum absolute atomic E-state index is 0.0546. The molecule has 1 N–H and O–H groups in total. The van der Waals surface area contributed by atoms with Gasteiger partial charge in [-0.15, -0.1) is 0 Å². The van der Waals surface area contributed by atoms with Gasteiger partial charge in [-0.25, -0.2) is 13.6 Å². The highest BCUT2D eigenvalue weighted by molar-refractivity contribution is 5.92. The van der Waals surface area contributed by atoms with Crippen LogP contribution < -0.4 is 5.32 Å². The molecule has 0 saturated carbocycles. The molecule has 0 saturated heterocycles. The Bertz CT molecular complexity index is 836. The summed E-state index contributed by atoms with van der Waals surface area (Å²) in [6.45, 7) is 1.94. The van der Waals surface area contributed by atoms with Crippen LogP contribution in [0.5, 0.6) is 0 Å². The SMILES string of the molecule is COCCOC(=O)C1=C(C)Nc2nnnn2C1c1ccc(F)c(F)c1. The number of nitrogens with one attached hydrogen (secondary N) is 1. The summed E-state index contributed by atoms with van der Waals surface area (Å²) in [5.74, 6) is -2.37. The number of nitrogens with zero attached hydrogens (tertiary/aromatic N) is 4. The molecule has 8 nitrogen and oxygen atoms in total. The topological polar surface area (TPSA) is 91.2 Å². The van der Waals surface area contributed by atoms with Crippen molar-refractivity contribution in [2.75, 3.05) is 25.6 Å². The lowest BCUT2D eigenvalue weighted by molar-refractivity contribution is -0.140. The van der Waals surface area contributed by atoms with Gasteiger partial charge in [0.25, 0.3) is 0 Å². The zero-order valence-corrected chi connectivity index (χ0v) is 13.5. The molecule has 0 fully saturated rings. The van der Waals surface area contributed by atoms with Gasteiger partial charge in [-0.1, -0.05) is 11.2 Å². The van der Waals surface area contributed by atoms with Crippen molar-refractivity contribution in [3.63, 3.8) is 0 Å². The molecule has 1 atom stereocenters. The molecule has 10 heteroatoms. The molecular formula is C15H15F2N5O3. The highest BCUT2D eigenvalue weighted by Gasteiger charge is 2.35. The van der Waals surface area contributed by atoms with Crippen LogP contribution in [0.3, 0.4) is 0 Å². The number of carbonyl (C=O) groups is 1. The number of aromatic nitrogens is 4. The molecule has 3 rings (SSSR count). The van der Waals surface area contributed by atoms with Gasteiger partial charge in [0.15, 0.2) is 11.6 Å². The summed E-state index contributed by atoms with van der Waals surface area (Å²) in [4.78, 5) is 12.5. The van der Waals surface area contributed by atoms with Crippen LogP contribution in [-0.2, 0) is 14.3 Å². The average molecular weight is 351 g/mol. The Labute approximate surface area is 141 Å². The maximum atomic E-state index is 13.7. The van der Waals surface area contributed by atoms with Crippen LogP contribution in [-0.4, -0.2) is 46.5 Å². The summed E-state index contributed by atoms with van der Waals surface area (Å²) in [6, 6.07) is 2.51. The summed E-state index contributed by atoms with van der Waals surface area (Å²) in [5, 5.41) is 14.1. The molecule has 0 spiro atoms. The Morgan fingerprint density at radius 3 is 2.84 bits per heavy atom. The number of esters is 1. The number of rotatable bonds is 5. The zero-order valence-electron chi connectivity index (χ0n) is 13.5. The highest BCUT2D eigenvalue weighted by Crippen LogP contribution is 2.35. The first kappa shape index (κ1) is 17.0. The van der Waals surface area contributed by atoms with Crippen molar-refractivity contribution in [2.45, 2.75) is 13.0 Å². The molecule has 2 heterocycles. The number of benzene rings is 1. The van der Waals surface area contributed by atoms with Gasteiger partial charge in [-0.05, 0) is 35.0 Å². The number of fused-ring (bicyclic) bond motifs is 1. The Kier molecular flexibility index (Phi) is 4.70. The number of hydrogen-bond donors (Lipinski definition) is 1. The van der Waals surface area contributed by atoms with E-state index in [0.717, 1.165) is 12.1 Å². The summed E-state index contributed by atoms with van der Waals surface area (Å²) >= 11 is 0. The summed E-state index contributed by atoms with van der Waals surface area (Å²) in [5.41, 5.74) is 0.966. The average Bonchev–Trinajstić information content (AvgIpc) is 3.04. The van der Waals surface area contributed by atoms with Crippen molar-refractivity contribution in [2.24, 2.45) is 0 Å². The predicted octanol–water partition coefficient (Wildman–Crippen LogP) is 1.43. The monoisotopic (exact) mass is 351 g/mol. The lowest BCUT2D eigenvalue weighted by Crippen LogP contribution is -2.30. The van der Waals surface area contributed by atoms with Crippen LogP contribution in [0.2, 0.25) is 0 Å². The third-order valence-electron chi connectivity index (χ3n) is 3.71. The van der Waals surface area contributed by atoms with E-state index in [2.05, 4.69) is 20.8 Å². The van der Waals surface area contributed by atoms with E-state index < -0.39 is 23.6 Å². The second-order valence-corrected chi connectivity index (χ2v) is 5.32. The quantitative estimate of drug-likeness (QED) is 0.644. The number of anilines is 1. The zero-order chi connectivity index (χ0) is 18.0. The van der Waals surface area contributed by atoms with Crippen LogP contribution in [0.25, 0.3) is 0 Å². The predicted molar refractivity (Wildman–Crippen MR) is 81.5 cm³/mol. The summed E-state index contributed by atoms with van der Waals surface area (Å²) < 4.78 is 38.3. The molecule has 0 bridgehead atoms. The van der Waals surface area contributed by atoms with Crippen LogP contribution in [0.4, 0.5) is 14.7 Å². The molecule has 1 unspecified atom stereocenters. The highest BCUT2D eigenvalue weighted by atomic mass is 19.2. The fourth-order valence-electron chi connectivity index (χ4n) is 2.56. The van der Waals surface area contributed by atoms with Gasteiger partial charge >= 0.3 is 5.97 Å². The Balaban J connectivity index is 2.03. The first-order valence-electron chi connectivity index (χ1n) is 7.39. The van der Waals surface area contributed by atoms with E-state index >= 15 is 0 Å². The van der Waals surface area contributed by atoms with Crippen molar-refractivity contribution in [3.8, 4) is 0 Å². The van der Waals surface area contributed by atoms with Gasteiger partial charge in [0.1, 0.15) is 12.6 Å². The minimum Gasteiger partial charge on any atom is -0.460 e. The van der Waals surface area contributed by atoms with Crippen LogP contribution in [0, 0.1) is 11.6 Å². The third-order valence-corrected chi connectivity index (χ3v) is 3.71. The van der Waals surface area contributed by atoms with Gasteiger partial charge in [-0.2, -0.15) is 4.68 Å². The van der Waals surface area contributed by atoms with Crippen LogP contribution in [0.1, 0.15) is 18.5 Å². The molecule has 0 radical (unpaired) electrons. The Morgan fingerprint density at radius 2 is 2.12 bits per heavy atom. The van der Waals surface area contributed by atoms with E-state index in [0.29, 0.717) is 11.3 Å². The van der Waals surface area contributed by atoms with Gasteiger partial charge in [-0.3, -0.25) is 0 Å². The standard InChI is InChI=1S/C15H15F2N5O3/c1-8-12(14(23)25-6-5-24-2)13(22-15(18-8)19-20-21-22)9-3-4-10(16)11(17)7-9/h3-4,7,13H,5-6H2,1-2H3,(H,18,19,21). The number of ether oxygens (including phenoxy) is 2. The molecular weight excluding hydrogens is 336 g/mol. The molecule has 2 aromatic rings. The largest absolute Gasteiger partial charge is 0.460 e. The molecule has 1 aromatic heterocycles. The number of hydrogen-bond acceptors (Lipinski definition) is 7. The van der Waals surface area contributed by atoms with E-state index in [9.17, 15) is 13.6 Å². The fourth-order valence-corrected chi connectivity index (χ4v) is 2.56. The van der Waals surface area contributed by atoms with E-state index in [4.69, 9.17) is 9.47 Å². The van der Waals surface area contributed by atoms with E-state index in [-0.39, 0.29) is 24.7 Å². The number of tetrazole rings is 1. The Hall–Kier alpha value is -2.88. The van der Waals surface area contributed by atoms with Crippen molar-refractivity contribution in [3.05, 3.63) is 46.7 Å². The second-order valence-electron chi connectivity index (χ2n) is 5.32. The normalized spacial score (nSPS) is 16.4. The number of allylic oxidation sites excluding steroid dienone is 1. The van der Waals surface area contributed by atoms with Crippen molar-refractivity contribution in [1.29, 1.82) is 0 Å². The van der Waals surface area contributed by atoms with Crippen molar-refractivity contribution < 1.29 is 23.0 Å². The molecule has 1 aliphatic heterocycles. The first-order valence-corrected chi connectivity index (χ1v) is 7.39. The summed E-state index contributed by atoms with van der Waals surface area (Å²) in [6.07, 6.45) is 0. The summed E-state index contributed by atoms with van der Waals surface area (Å²) in [7, 11) is 1.48. The van der Waals surface area contributed by atoms with E-state index in [1.165, 1.54) is 17.9 Å². The van der Waals surface area contributed by atoms with Crippen molar-refractivity contribution in [1.82, 2.24) is 20.2 Å². The number of carbonyl (C=O) groups excluding carboxylic acids is 1. The molecule has 0 amide bonds. The number of halogens is 2. The van der Waals surface area contributed by atoms with Crippen molar-refractivity contribution >= 4 is 11.9 Å². The molecule has 0 aliphatic carbocycles. The maximum Gasteiger partial charge on any atom is 0.338 e. The lowest BCUT2D eigenvalue weighted by Gasteiger charge is -2.27. The fraction of sp³-hybridized carbons (Fsp3) is 0.333. The smallest absolute Gasteiger partial charge is 0.338 e. The van der Waals surface area contributed by atoms with Crippen LogP contribution in [0.15, 0.2) is 29.5 Å². The van der Waals surface area contributed by atoms with Gasteiger partial charge in [0, 0.05) is 12.8 Å². The number of methoxy groups -OCH3 is 1. The Morgan fingerprint density at radius 1 is 1.32 bits per heavy atom. The first-order chi connectivity index (χ1) is 12.0. The van der Waals surface area contributed by atoms with E-state index in [1.807, 2.05) is 0 Å². The molecule has 25 heavy (non-hydrogen) atoms. The second kappa shape index (κ2) is 6.93. The van der Waals surface area contributed by atoms with Gasteiger partial charge < -0.3 is 14.8 Å². The minimum atomic E-state index is -1.03. The van der Waals surface area contributed by atoms with Gasteiger partial charge in [0.2, 0.25) is 5.95 Å². The van der Waals surface area contributed by atoms with Crippen LogP contribution >= 0.6 is 0 Å². The van der Waals surface area contributed by atoms with Gasteiger partial charge in [0.05, 0.1) is 12.2 Å². The maximum absolute atomic E-state index is 13.7. The molecule has 132 valence electrons. The molecule has 1 aromatic carbocycles. The lowest BCUT2D eigenvalue weighted by atomic mass is 9.95. The van der Waals surface area contributed by atoms with E-state index in [1.54, 1.807) is 6.92 Å². The third kappa shape index (κ3) is 3.20. The molecule has 1 aliphatic rings.